The topological polar surface area (TPSA) is 63.6 Å². The first-order valence-electron chi connectivity index (χ1n) is 4.43. The first kappa shape index (κ1) is 11.2. The van der Waals surface area contributed by atoms with E-state index in [1.807, 2.05) is 0 Å². The standard InChI is InChI=1S/C11H12O4/c1-7-3-9(6-12)10(15-2)4-8(7)5-11(13)14/h3-4,6H,5H2,1-2H3,(H,13,14). The van der Waals surface area contributed by atoms with Crippen molar-refractivity contribution >= 4 is 12.3 Å². The highest BCUT2D eigenvalue weighted by atomic mass is 16.5. The van der Waals surface area contributed by atoms with Crippen LogP contribution < -0.4 is 4.74 Å². The van der Waals surface area contributed by atoms with Crippen molar-refractivity contribution < 1.29 is 19.4 Å². The van der Waals surface area contributed by atoms with Gasteiger partial charge in [-0.2, -0.15) is 0 Å². The molecule has 0 atom stereocenters. The Hall–Kier alpha value is -1.84. The zero-order valence-corrected chi connectivity index (χ0v) is 8.61. The fourth-order valence-electron chi connectivity index (χ4n) is 1.37. The van der Waals surface area contributed by atoms with Gasteiger partial charge in [0, 0.05) is 0 Å². The van der Waals surface area contributed by atoms with Gasteiger partial charge in [-0.1, -0.05) is 0 Å². The molecule has 1 rings (SSSR count). The van der Waals surface area contributed by atoms with Crippen LogP contribution in [0.3, 0.4) is 0 Å². The highest BCUT2D eigenvalue weighted by Gasteiger charge is 2.09. The normalized spacial score (nSPS) is 9.73. The van der Waals surface area contributed by atoms with E-state index in [-0.39, 0.29) is 6.42 Å². The van der Waals surface area contributed by atoms with Crippen molar-refractivity contribution in [3.8, 4) is 5.75 Å². The number of aryl methyl sites for hydroxylation is 1. The summed E-state index contributed by atoms with van der Waals surface area (Å²) in [7, 11) is 1.45. The molecule has 0 radical (unpaired) electrons. The molecule has 0 unspecified atom stereocenters. The Balaban J connectivity index is 3.19. The Morgan fingerprint density at radius 1 is 1.53 bits per heavy atom. The number of hydrogen-bond acceptors (Lipinski definition) is 3. The van der Waals surface area contributed by atoms with E-state index in [1.54, 1.807) is 19.1 Å². The third-order valence-electron chi connectivity index (χ3n) is 2.16. The van der Waals surface area contributed by atoms with Crippen molar-refractivity contribution in [2.45, 2.75) is 13.3 Å². The molecule has 0 saturated heterocycles. The summed E-state index contributed by atoms with van der Waals surface area (Å²) in [5.74, 6) is -0.495. The van der Waals surface area contributed by atoms with Crippen LogP contribution in [0.15, 0.2) is 12.1 Å². The van der Waals surface area contributed by atoms with E-state index in [9.17, 15) is 9.59 Å². The van der Waals surface area contributed by atoms with E-state index in [1.165, 1.54) is 7.11 Å². The molecule has 0 heterocycles. The molecule has 0 aliphatic heterocycles. The Bertz CT molecular complexity index is 396. The molecular weight excluding hydrogens is 196 g/mol. The first-order chi connectivity index (χ1) is 7.08. The Morgan fingerprint density at radius 2 is 2.20 bits per heavy atom. The smallest absolute Gasteiger partial charge is 0.307 e. The Kier molecular flexibility index (Phi) is 3.44. The molecule has 80 valence electrons. The van der Waals surface area contributed by atoms with Crippen LogP contribution >= 0.6 is 0 Å². The average molecular weight is 208 g/mol. The molecule has 0 spiro atoms. The molecule has 1 aromatic carbocycles. The molecule has 0 aliphatic carbocycles. The number of benzene rings is 1. The minimum atomic E-state index is -0.904. The van der Waals surface area contributed by atoms with E-state index in [0.29, 0.717) is 23.2 Å². The maximum Gasteiger partial charge on any atom is 0.307 e. The number of aldehydes is 1. The van der Waals surface area contributed by atoms with Crippen molar-refractivity contribution in [1.82, 2.24) is 0 Å². The minimum absolute atomic E-state index is 0.0681. The largest absolute Gasteiger partial charge is 0.496 e. The van der Waals surface area contributed by atoms with Gasteiger partial charge in [0.1, 0.15) is 5.75 Å². The molecule has 1 N–H and O–H groups in total. The average Bonchev–Trinajstić information content (AvgIpc) is 2.19. The second-order valence-corrected chi connectivity index (χ2v) is 3.21. The van der Waals surface area contributed by atoms with Crippen LogP contribution in [0, 0.1) is 6.92 Å². The van der Waals surface area contributed by atoms with Gasteiger partial charge in [0.05, 0.1) is 19.1 Å². The van der Waals surface area contributed by atoms with Gasteiger partial charge in [0.15, 0.2) is 6.29 Å². The number of carboxylic acid groups (broad SMARTS) is 1. The number of rotatable bonds is 4. The van der Waals surface area contributed by atoms with Gasteiger partial charge >= 0.3 is 5.97 Å². The van der Waals surface area contributed by atoms with Gasteiger partial charge in [-0.3, -0.25) is 9.59 Å². The fraction of sp³-hybridized carbons (Fsp3) is 0.273. The molecule has 1 aromatic rings. The van der Waals surface area contributed by atoms with Crippen molar-refractivity contribution in [1.29, 1.82) is 0 Å². The number of carboxylic acids is 1. The lowest BCUT2D eigenvalue weighted by Gasteiger charge is -2.08. The summed E-state index contributed by atoms with van der Waals surface area (Å²) in [6.45, 7) is 1.77. The van der Waals surface area contributed by atoms with Crippen LogP contribution in [0.25, 0.3) is 0 Å². The lowest BCUT2D eigenvalue weighted by Crippen LogP contribution is -2.03. The third-order valence-corrected chi connectivity index (χ3v) is 2.16. The number of carbonyl (C=O) groups is 2. The van der Waals surface area contributed by atoms with Gasteiger partial charge in [-0.05, 0) is 30.2 Å². The molecule has 0 aromatic heterocycles. The number of hydrogen-bond donors (Lipinski definition) is 1. The maximum absolute atomic E-state index is 10.7. The van der Waals surface area contributed by atoms with Gasteiger partial charge in [0.25, 0.3) is 0 Å². The predicted molar refractivity (Wildman–Crippen MR) is 54.5 cm³/mol. The lowest BCUT2D eigenvalue weighted by molar-refractivity contribution is -0.136. The summed E-state index contributed by atoms with van der Waals surface area (Å²) >= 11 is 0. The van der Waals surface area contributed by atoms with Crippen LogP contribution in [-0.4, -0.2) is 24.5 Å². The molecule has 0 aliphatic rings. The zero-order chi connectivity index (χ0) is 11.4. The van der Waals surface area contributed by atoms with Crippen LogP contribution in [0.1, 0.15) is 21.5 Å². The molecular formula is C11H12O4. The maximum atomic E-state index is 10.7. The van der Waals surface area contributed by atoms with Gasteiger partial charge in [-0.25, -0.2) is 0 Å². The molecule has 15 heavy (non-hydrogen) atoms. The summed E-state index contributed by atoms with van der Waals surface area (Å²) in [5.41, 5.74) is 1.87. The van der Waals surface area contributed by atoms with Crippen LogP contribution in [0.5, 0.6) is 5.75 Å². The fourth-order valence-corrected chi connectivity index (χ4v) is 1.37. The highest BCUT2D eigenvalue weighted by molar-refractivity contribution is 5.81. The van der Waals surface area contributed by atoms with Gasteiger partial charge < -0.3 is 9.84 Å². The van der Waals surface area contributed by atoms with Crippen molar-refractivity contribution in [3.05, 3.63) is 28.8 Å². The monoisotopic (exact) mass is 208 g/mol. The molecule has 4 heteroatoms. The predicted octanol–water partition coefficient (Wildman–Crippen LogP) is 1.44. The van der Waals surface area contributed by atoms with Gasteiger partial charge in [-0.15, -0.1) is 0 Å². The van der Waals surface area contributed by atoms with Crippen molar-refractivity contribution in [2.24, 2.45) is 0 Å². The van der Waals surface area contributed by atoms with E-state index < -0.39 is 5.97 Å². The van der Waals surface area contributed by atoms with E-state index in [4.69, 9.17) is 9.84 Å². The summed E-state index contributed by atoms with van der Waals surface area (Å²) in [6.07, 6.45) is 0.623. The van der Waals surface area contributed by atoms with Crippen molar-refractivity contribution in [2.75, 3.05) is 7.11 Å². The second-order valence-electron chi connectivity index (χ2n) is 3.21. The van der Waals surface area contributed by atoms with Crippen LogP contribution in [0.2, 0.25) is 0 Å². The molecule has 4 nitrogen and oxygen atoms in total. The molecule has 0 saturated carbocycles. The Morgan fingerprint density at radius 3 is 2.67 bits per heavy atom. The minimum Gasteiger partial charge on any atom is -0.496 e. The molecule has 0 amide bonds. The summed E-state index contributed by atoms with van der Waals surface area (Å²) in [4.78, 5) is 21.2. The van der Waals surface area contributed by atoms with Crippen LogP contribution in [0.4, 0.5) is 0 Å². The third kappa shape index (κ3) is 2.56. The highest BCUT2D eigenvalue weighted by Crippen LogP contribution is 2.22. The van der Waals surface area contributed by atoms with Crippen LogP contribution in [-0.2, 0) is 11.2 Å². The first-order valence-corrected chi connectivity index (χ1v) is 4.43. The van der Waals surface area contributed by atoms with E-state index >= 15 is 0 Å². The summed E-state index contributed by atoms with van der Waals surface area (Å²) < 4.78 is 4.99. The number of aliphatic carboxylic acids is 1. The number of methoxy groups -OCH3 is 1. The second kappa shape index (κ2) is 4.59. The Labute approximate surface area is 87.5 Å². The van der Waals surface area contributed by atoms with Crippen molar-refractivity contribution in [3.63, 3.8) is 0 Å². The SMILES string of the molecule is COc1cc(CC(=O)O)c(C)cc1C=O. The van der Waals surface area contributed by atoms with Gasteiger partial charge in [0.2, 0.25) is 0 Å². The zero-order valence-electron chi connectivity index (χ0n) is 8.61. The summed E-state index contributed by atoms with van der Waals surface area (Å²) in [5, 5.41) is 8.67. The molecule has 0 bridgehead atoms. The number of ether oxygens (including phenoxy) is 1. The van der Waals surface area contributed by atoms with E-state index in [2.05, 4.69) is 0 Å². The lowest BCUT2D eigenvalue weighted by atomic mass is 10.0. The number of carbonyl (C=O) groups excluding carboxylic acids is 1. The quantitative estimate of drug-likeness (QED) is 0.760. The molecule has 0 fully saturated rings. The summed E-state index contributed by atoms with van der Waals surface area (Å²) in [6, 6.07) is 3.22. The van der Waals surface area contributed by atoms with E-state index in [0.717, 1.165) is 5.56 Å².